The fraction of sp³-hybridized carbons (Fsp3) is 0.308. The third kappa shape index (κ3) is 2.98. The number of nitrogens with zero attached hydrogens (tertiary/aromatic N) is 2. The third-order valence-corrected chi connectivity index (χ3v) is 3.74. The van der Waals surface area contributed by atoms with Crippen molar-refractivity contribution in [2.24, 2.45) is 0 Å². The van der Waals surface area contributed by atoms with Crippen LogP contribution in [0.2, 0.25) is 0 Å². The lowest BCUT2D eigenvalue weighted by Crippen LogP contribution is -2.01. The molecule has 1 heterocycles. The number of rotatable bonds is 5. The number of hydrogen-bond acceptors (Lipinski definition) is 4. The molecule has 0 spiro atoms. The maximum absolute atomic E-state index is 5.73. The molecule has 1 aromatic heterocycles. The summed E-state index contributed by atoms with van der Waals surface area (Å²) in [6.07, 6.45) is 3.82. The van der Waals surface area contributed by atoms with Crippen molar-refractivity contribution in [3.63, 3.8) is 0 Å². The lowest BCUT2D eigenvalue weighted by molar-refractivity contribution is 0.405. The predicted molar refractivity (Wildman–Crippen MR) is 75.1 cm³/mol. The molecule has 0 aliphatic rings. The Bertz CT molecular complexity index is 525. The summed E-state index contributed by atoms with van der Waals surface area (Å²) in [5, 5.41) is 0. The summed E-state index contributed by atoms with van der Waals surface area (Å²) in [5.74, 6) is 2.85. The number of ether oxygens (including phenoxy) is 1. The average molecular weight is 263 g/mol. The summed E-state index contributed by atoms with van der Waals surface area (Å²) >= 11 is 1.76. The maximum Gasteiger partial charge on any atom is 0.134 e. The van der Waals surface area contributed by atoms with Crippen LogP contribution in [-0.4, -0.2) is 22.4 Å². The number of imidazole rings is 1. The summed E-state index contributed by atoms with van der Waals surface area (Å²) in [6, 6.07) is 5.75. The van der Waals surface area contributed by atoms with Crippen molar-refractivity contribution in [3.05, 3.63) is 36.4 Å². The second-order valence-corrected chi connectivity index (χ2v) is 5.06. The van der Waals surface area contributed by atoms with E-state index in [0.29, 0.717) is 0 Å². The highest BCUT2D eigenvalue weighted by Crippen LogP contribution is 2.31. The van der Waals surface area contributed by atoms with Crippen LogP contribution in [0.15, 0.2) is 35.5 Å². The number of hydrogen-bond donors (Lipinski definition) is 1. The molecule has 96 valence electrons. The van der Waals surface area contributed by atoms with Gasteiger partial charge in [-0.2, -0.15) is 0 Å². The Morgan fingerprint density at radius 1 is 1.44 bits per heavy atom. The van der Waals surface area contributed by atoms with Crippen LogP contribution in [0.4, 0.5) is 5.69 Å². The van der Waals surface area contributed by atoms with Crippen molar-refractivity contribution in [2.75, 3.05) is 18.6 Å². The highest BCUT2D eigenvalue weighted by molar-refractivity contribution is 7.99. The van der Waals surface area contributed by atoms with Gasteiger partial charge in [-0.3, -0.25) is 0 Å². The van der Waals surface area contributed by atoms with E-state index < -0.39 is 0 Å². The van der Waals surface area contributed by atoms with Gasteiger partial charge in [0.15, 0.2) is 0 Å². The van der Waals surface area contributed by atoms with Crippen molar-refractivity contribution in [1.29, 1.82) is 0 Å². The van der Waals surface area contributed by atoms with Gasteiger partial charge in [-0.1, -0.05) is 0 Å². The molecule has 2 aromatic rings. The van der Waals surface area contributed by atoms with Gasteiger partial charge in [-0.15, -0.1) is 11.8 Å². The van der Waals surface area contributed by atoms with Crippen LogP contribution >= 0.6 is 11.8 Å². The largest absolute Gasteiger partial charge is 0.496 e. The van der Waals surface area contributed by atoms with Crippen molar-refractivity contribution in [3.8, 4) is 5.75 Å². The fourth-order valence-electron chi connectivity index (χ4n) is 1.70. The van der Waals surface area contributed by atoms with Crippen molar-refractivity contribution >= 4 is 17.4 Å². The Balaban J connectivity index is 1.96. The second kappa shape index (κ2) is 5.82. The molecule has 2 N–H and O–H groups in total. The lowest BCUT2D eigenvalue weighted by atomic mass is 10.3. The van der Waals surface area contributed by atoms with Gasteiger partial charge in [0.1, 0.15) is 11.6 Å². The van der Waals surface area contributed by atoms with E-state index in [2.05, 4.69) is 9.55 Å². The maximum atomic E-state index is 5.73. The molecule has 0 bridgehead atoms. The van der Waals surface area contributed by atoms with Gasteiger partial charge in [0, 0.05) is 41.3 Å². The predicted octanol–water partition coefficient (Wildman–Crippen LogP) is 2.57. The Labute approximate surface area is 111 Å². The van der Waals surface area contributed by atoms with Crippen molar-refractivity contribution in [2.45, 2.75) is 18.4 Å². The van der Waals surface area contributed by atoms with Gasteiger partial charge in [-0.25, -0.2) is 4.98 Å². The molecule has 0 amide bonds. The SMILES string of the molecule is COc1cc(N)ccc1SCCn1ccnc1C. The van der Waals surface area contributed by atoms with E-state index in [9.17, 15) is 0 Å². The quantitative estimate of drug-likeness (QED) is 0.665. The third-order valence-electron chi connectivity index (χ3n) is 2.70. The van der Waals surface area contributed by atoms with Crippen LogP contribution in [0.5, 0.6) is 5.75 Å². The average Bonchev–Trinajstić information content (AvgIpc) is 2.77. The summed E-state index contributed by atoms with van der Waals surface area (Å²) in [6.45, 7) is 2.94. The lowest BCUT2D eigenvalue weighted by Gasteiger charge is -2.09. The van der Waals surface area contributed by atoms with E-state index in [-0.39, 0.29) is 0 Å². The number of methoxy groups -OCH3 is 1. The zero-order valence-electron chi connectivity index (χ0n) is 10.6. The molecule has 0 radical (unpaired) electrons. The van der Waals surface area contributed by atoms with Gasteiger partial charge in [0.2, 0.25) is 0 Å². The minimum atomic E-state index is 0.724. The first-order chi connectivity index (χ1) is 8.70. The van der Waals surface area contributed by atoms with Gasteiger partial charge < -0.3 is 15.0 Å². The zero-order chi connectivity index (χ0) is 13.0. The van der Waals surface area contributed by atoms with Crippen LogP contribution in [-0.2, 0) is 6.54 Å². The Morgan fingerprint density at radius 3 is 2.94 bits per heavy atom. The number of anilines is 1. The van der Waals surface area contributed by atoms with E-state index in [1.165, 1.54) is 0 Å². The van der Waals surface area contributed by atoms with Crippen LogP contribution < -0.4 is 10.5 Å². The molecule has 18 heavy (non-hydrogen) atoms. The monoisotopic (exact) mass is 263 g/mol. The summed E-state index contributed by atoms with van der Waals surface area (Å²) < 4.78 is 7.45. The first-order valence-corrected chi connectivity index (χ1v) is 6.73. The van der Waals surface area contributed by atoms with Gasteiger partial charge >= 0.3 is 0 Å². The first kappa shape index (κ1) is 12.8. The van der Waals surface area contributed by atoms with Crippen LogP contribution in [0.1, 0.15) is 5.82 Å². The Hall–Kier alpha value is -1.62. The van der Waals surface area contributed by atoms with Crippen LogP contribution in [0, 0.1) is 6.92 Å². The molecule has 2 rings (SSSR count). The molecule has 1 aromatic carbocycles. The molecule has 0 aliphatic heterocycles. The normalized spacial score (nSPS) is 10.6. The molecule has 0 saturated heterocycles. The van der Waals surface area contributed by atoms with E-state index in [1.807, 2.05) is 37.5 Å². The molecule has 0 aliphatic carbocycles. The van der Waals surface area contributed by atoms with E-state index in [0.717, 1.165) is 34.5 Å². The van der Waals surface area contributed by atoms with E-state index in [4.69, 9.17) is 10.5 Å². The first-order valence-electron chi connectivity index (χ1n) is 5.75. The minimum absolute atomic E-state index is 0.724. The zero-order valence-corrected chi connectivity index (χ0v) is 11.4. The molecule has 4 nitrogen and oxygen atoms in total. The fourth-order valence-corrected chi connectivity index (χ4v) is 2.65. The van der Waals surface area contributed by atoms with Gasteiger partial charge in [-0.05, 0) is 19.1 Å². The highest BCUT2D eigenvalue weighted by atomic mass is 32.2. The molecule has 0 atom stereocenters. The molecule has 0 saturated carbocycles. The van der Waals surface area contributed by atoms with Crippen molar-refractivity contribution < 1.29 is 4.74 Å². The van der Waals surface area contributed by atoms with E-state index >= 15 is 0 Å². The number of nitrogens with two attached hydrogens (primary N) is 1. The number of nitrogen functional groups attached to an aromatic ring is 1. The number of benzene rings is 1. The standard InChI is InChI=1S/C13H17N3OS/c1-10-15-5-6-16(10)7-8-18-13-4-3-11(14)9-12(13)17-2/h3-6,9H,7-8,14H2,1-2H3. The smallest absolute Gasteiger partial charge is 0.134 e. The molecule has 0 unspecified atom stereocenters. The topological polar surface area (TPSA) is 53.1 Å². The van der Waals surface area contributed by atoms with Crippen molar-refractivity contribution in [1.82, 2.24) is 9.55 Å². The summed E-state index contributed by atoms with van der Waals surface area (Å²) in [4.78, 5) is 5.32. The molecular weight excluding hydrogens is 246 g/mol. The van der Waals surface area contributed by atoms with Gasteiger partial charge in [0.05, 0.1) is 7.11 Å². The highest BCUT2D eigenvalue weighted by Gasteiger charge is 2.04. The number of thioether (sulfide) groups is 1. The number of aryl methyl sites for hydroxylation is 2. The minimum Gasteiger partial charge on any atom is -0.496 e. The van der Waals surface area contributed by atoms with Gasteiger partial charge in [0.25, 0.3) is 0 Å². The molecule has 5 heteroatoms. The van der Waals surface area contributed by atoms with E-state index in [1.54, 1.807) is 18.9 Å². The molecule has 0 fully saturated rings. The van der Waals surface area contributed by atoms with Crippen LogP contribution in [0.25, 0.3) is 0 Å². The van der Waals surface area contributed by atoms with Crippen LogP contribution in [0.3, 0.4) is 0 Å². The Morgan fingerprint density at radius 2 is 2.28 bits per heavy atom. The summed E-state index contributed by atoms with van der Waals surface area (Å²) in [5.41, 5.74) is 6.45. The Kier molecular flexibility index (Phi) is 4.15. The second-order valence-electron chi connectivity index (χ2n) is 3.93. The molecular formula is C13H17N3OS. The summed E-state index contributed by atoms with van der Waals surface area (Å²) in [7, 11) is 1.67. The number of aromatic nitrogens is 2.